The first kappa shape index (κ1) is 15.7. The van der Waals surface area contributed by atoms with Crippen LogP contribution in [-0.4, -0.2) is 26.0 Å². The average Bonchev–Trinajstić information content (AvgIpc) is 2.70. The quantitative estimate of drug-likeness (QED) is 0.835. The summed E-state index contributed by atoms with van der Waals surface area (Å²) in [4.78, 5) is 23.7. The minimum atomic E-state index is -1.44. The maximum atomic E-state index is 12.6. The minimum Gasteiger partial charge on any atom is -0.497 e. The van der Waals surface area contributed by atoms with Crippen molar-refractivity contribution in [3.05, 3.63) is 35.4 Å². The molecule has 1 aliphatic rings. The van der Waals surface area contributed by atoms with Crippen molar-refractivity contribution in [2.75, 3.05) is 14.2 Å². The van der Waals surface area contributed by atoms with E-state index in [0.717, 1.165) is 0 Å². The van der Waals surface area contributed by atoms with Crippen LogP contribution in [0.25, 0.3) is 0 Å². The van der Waals surface area contributed by atoms with Gasteiger partial charge < -0.3 is 24.7 Å². The number of benzene rings is 1. The standard InChI is InChI=1S/C15H17NO6/c1-8(17)21-12-13(18)15(2,22-14(12)16)10-6-5-9(19-3)7-11(10)20-4/h5-7H,16H2,1-4H3. The Hall–Kier alpha value is -2.70. The fourth-order valence-corrected chi connectivity index (χ4v) is 2.25. The molecule has 0 aliphatic carbocycles. The smallest absolute Gasteiger partial charge is 0.308 e. The van der Waals surface area contributed by atoms with Crippen molar-refractivity contribution < 1.29 is 28.5 Å². The van der Waals surface area contributed by atoms with Crippen molar-refractivity contribution in [1.29, 1.82) is 0 Å². The van der Waals surface area contributed by atoms with E-state index in [-0.39, 0.29) is 11.6 Å². The van der Waals surface area contributed by atoms with Gasteiger partial charge in [0.15, 0.2) is 0 Å². The monoisotopic (exact) mass is 307 g/mol. The molecule has 1 atom stereocenters. The van der Waals surface area contributed by atoms with Crippen molar-refractivity contribution >= 4 is 11.8 Å². The van der Waals surface area contributed by atoms with E-state index in [2.05, 4.69) is 0 Å². The molecule has 1 heterocycles. The third kappa shape index (κ3) is 2.45. The van der Waals surface area contributed by atoms with Gasteiger partial charge in [-0.05, 0) is 19.1 Å². The molecular weight excluding hydrogens is 290 g/mol. The summed E-state index contributed by atoms with van der Waals surface area (Å²) in [7, 11) is 2.98. The van der Waals surface area contributed by atoms with E-state index in [1.54, 1.807) is 18.2 Å². The molecule has 22 heavy (non-hydrogen) atoms. The first-order valence-corrected chi connectivity index (χ1v) is 6.48. The number of hydrogen-bond acceptors (Lipinski definition) is 7. The van der Waals surface area contributed by atoms with E-state index in [9.17, 15) is 9.59 Å². The zero-order chi connectivity index (χ0) is 16.5. The topological polar surface area (TPSA) is 97.1 Å². The highest BCUT2D eigenvalue weighted by molar-refractivity contribution is 6.04. The van der Waals surface area contributed by atoms with Crippen LogP contribution in [0, 0.1) is 0 Å². The first-order chi connectivity index (χ1) is 10.3. The van der Waals surface area contributed by atoms with Gasteiger partial charge in [0.25, 0.3) is 5.78 Å². The third-order valence-corrected chi connectivity index (χ3v) is 3.35. The van der Waals surface area contributed by atoms with E-state index < -0.39 is 17.4 Å². The number of esters is 1. The Morgan fingerprint density at radius 1 is 1.27 bits per heavy atom. The molecule has 0 spiro atoms. The van der Waals surface area contributed by atoms with Gasteiger partial charge in [0, 0.05) is 18.6 Å². The number of Topliss-reactive ketones (excluding diaryl/α,β-unsaturated/α-hetero) is 1. The Kier molecular flexibility index (Phi) is 3.99. The molecule has 7 nitrogen and oxygen atoms in total. The molecule has 1 aromatic rings. The van der Waals surface area contributed by atoms with Crippen LogP contribution >= 0.6 is 0 Å². The predicted octanol–water partition coefficient (Wildman–Crippen LogP) is 1.21. The van der Waals surface area contributed by atoms with Crippen LogP contribution in [-0.2, 0) is 24.7 Å². The van der Waals surface area contributed by atoms with Crippen molar-refractivity contribution in [3.8, 4) is 11.5 Å². The second-order valence-corrected chi connectivity index (χ2v) is 4.82. The Morgan fingerprint density at radius 2 is 1.95 bits per heavy atom. The molecule has 2 N–H and O–H groups in total. The van der Waals surface area contributed by atoms with Crippen LogP contribution in [0.4, 0.5) is 0 Å². The molecule has 0 bridgehead atoms. The number of nitrogens with two attached hydrogens (primary N) is 1. The number of hydrogen-bond donors (Lipinski definition) is 1. The molecular formula is C15H17NO6. The van der Waals surface area contributed by atoms with Crippen molar-refractivity contribution in [1.82, 2.24) is 0 Å². The van der Waals surface area contributed by atoms with E-state index >= 15 is 0 Å². The highest BCUT2D eigenvalue weighted by atomic mass is 16.6. The largest absolute Gasteiger partial charge is 0.497 e. The van der Waals surface area contributed by atoms with E-state index in [1.807, 2.05) is 0 Å². The van der Waals surface area contributed by atoms with Gasteiger partial charge in [-0.1, -0.05) is 0 Å². The molecule has 0 fully saturated rings. The first-order valence-electron chi connectivity index (χ1n) is 6.48. The highest BCUT2D eigenvalue weighted by Crippen LogP contribution is 2.42. The Bertz CT molecular complexity index is 666. The number of carbonyl (C=O) groups excluding carboxylic acids is 2. The van der Waals surface area contributed by atoms with Crippen LogP contribution in [0.5, 0.6) is 11.5 Å². The summed E-state index contributed by atoms with van der Waals surface area (Å²) in [5, 5.41) is 0. The molecule has 0 radical (unpaired) electrons. The van der Waals surface area contributed by atoms with Crippen molar-refractivity contribution in [2.24, 2.45) is 5.73 Å². The lowest BCUT2D eigenvalue weighted by molar-refractivity contribution is -0.142. The minimum absolute atomic E-state index is 0.236. The lowest BCUT2D eigenvalue weighted by atomic mass is 9.90. The van der Waals surface area contributed by atoms with Crippen LogP contribution in [0.1, 0.15) is 19.4 Å². The summed E-state index contributed by atoms with van der Waals surface area (Å²) >= 11 is 0. The van der Waals surface area contributed by atoms with Crippen molar-refractivity contribution in [2.45, 2.75) is 19.4 Å². The predicted molar refractivity (Wildman–Crippen MR) is 76.0 cm³/mol. The lowest BCUT2D eigenvalue weighted by Gasteiger charge is -2.25. The fraction of sp³-hybridized carbons (Fsp3) is 0.333. The molecule has 1 unspecified atom stereocenters. The van der Waals surface area contributed by atoms with E-state index in [4.69, 9.17) is 24.7 Å². The van der Waals surface area contributed by atoms with Gasteiger partial charge in [-0.2, -0.15) is 0 Å². The summed E-state index contributed by atoms with van der Waals surface area (Å²) in [6, 6.07) is 4.93. The Morgan fingerprint density at radius 3 is 2.50 bits per heavy atom. The third-order valence-electron chi connectivity index (χ3n) is 3.35. The van der Waals surface area contributed by atoms with Crippen LogP contribution in [0.15, 0.2) is 29.8 Å². The van der Waals surface area contributed by atoms with Gasteiger partial charge in [0.1, 0.15) is 11.5 Å². The molecule has 118 valence electrons. The number of ketones is 1. The second-order valence-electron chi connectivity index (χ2n) is 4.82. The van der Waals surface area contributed by atoms with Gasteiger partial charge in [0.2, 0.25) is 17.2 Å². The SMILES string of the molecule is COc1ccc(C2(C)OC(N)=C(OC(C)=O)C2=O)c(OC)c1. The van der Waals surface area contributed by atoms with Crippen LogP contribution < -0.4 is 15.2 Å². The summed E-state index contributed by atoms with van der Waals surface area (Å²) in [5.41, 5.74) is 4.68. The molecule has 0 amide bonds. The Labute approximate surface area is 127 Å². The zero-order valence-corrected chi connectivity index (χ0v) is 12.8. The maximum Gasteiger partial charge on any atom is 0.308 e. The lowest BCUT2D eigenvalue weighted by Crippen LogP contribution is -2.32. The van der Waals surface area contributed by atoms with E-state index in [0.29, 0.717) is 17.1 Å². The Balaban J connectivity index is 2.46. The number of rotatable bonds is 4. The number of ether oxygens (including phenoxy) is 4. The van der Waals surface area contributed by atoms with E-state index in [1.165, 1.54) is 28.1 Å². The van der Waals surface area contributed by atoms with Crippen LogP contribution in [0.2, 0.25) is 0 Å². The van der Waals surface area contributed by atoms with Gasteiger partial charge in [-0.3, -0.25) is 9.59 Å². The molecule has 0 saturated carbocycles. The summed E-state index contributed by atoms with van der Waals surface area (Å²) in [6.07, 6.45) is 0. The highest BCUT2D eigenvalue weighted by Gasteiger charge is 2.50. The van der Waals surface area contributed by atoms with Crippen molar-refractivity contribution in [3.63, 3.8) is 0 Å². The summed E-state index contributed by atoms with van der Waals surface area (Å²) < 4.78 is 20.7. The fourth-order valence-electron chi connectivity index (χ4n) is 2.25. The average molecular weight is 307 g/mol. The second kappa shape index (κ2) is 5.59. The van der Waals surface area contributed by atoms with Gasteiger partial charge >= 0.3 is 5.97 Å². The van der Waals surface area contributed by atoms with Gasteiger partial charge in [-0.25, -0.2) is 0 Å². The number of carbonyl (C=O) groups is 2. The van der Waals surface area contributed by atoms with Gasteiger partial charge in [-0.15, -0.1) is 0 Å². The van der Waals surface area contributed by atoms with Gasteiger partial charge in [0.05, 0.1) is 14.2 Å². The molecule has 0 saturated heterocycles. The molecule has 0 aromatic heterocycles. The molecule has 7 heteroatoms. The number of methoxy groups -OCH3 is 2. The molecule has 1 aromatic carbocycles. The summed E-state index contributed by atoms with van der Waals surface area (Å²) in [6.45, 7) is 2.71. The van der Waals surface area contributed by atoms with Crippen LogP contribution in [0.3, 0.4) is 0 Å². The normalized spacial score (nSPS) is 20.6. The molecule has 1 aliphatic heterocycles. The maximum absolute atomic E-state index is 12.6. The zero-order valence-electron chi connectivity index (χ0n) is 12.8. The molecule has 2 rings (SSSR count). The summed E-state index contributed by atoms with van der Waals surface area (Å²) in [5.74, 6) is -0.777.